The summed E-state index contributed by atoms with van der Waals surface area (Å²) in [5.41, 5.74) is 1.80. The second-order valence-electron chi connectivity index (χ2n) is 11.1. The van der Waals surface area contributed by atoms with E-state index in [2.05, 4.69) is 25.2 Å². The van der Waals surface area contributed by atoms with Gasteiger partial charge in [-0.25, -0.2) is 27.0 Å². The first kappa shape index (κ1) is 33.3. The first-order valence-electron chi connectivity index (χ1n) is 14.8. The van der Waals surface area contributed by atoms with Crippen LogP contribution in [-0.4, -0.2) is 62.7 Å². The van der Waals surface area contributed by atoms with Gasteiger partial charge < -0.3 is 15.4 Å². The van der Waals surface area contributed by atoms with Gasteiger partial charge in [0.25, 0.3) is 5.91 Å². The van der Waals surface area contributed by atoms with Crippen molar-refractivity contribution in [1.82, 2.24) is 15.2 Å². The van der Waals surface area contributed by atoms with Crippen LogP contribution in [0.4, 0.5) is 30.6 Å². The molecule has 1 fully saturated rings. The summed E-state index contributed by atoms with van der Waals surface area (Å²) in [6, 6.07) is 18.9. The molecule has 3 aromatic carbocycles. The largest absolute Gasteiger partial charge is 0.439 e. The number of nitrogens with one attached hydrogen (secondary N) is 3. The zero-order chi connectivity index (χ0) is 33.6. The fourth-order valence-electron chi connectivity index (χ4n) is 5.30. The van der Waals surface area contributed by atoms with Crippen LogP contribution in [0.1, 0.15) is 28.8 Å². The highest BCUT2D eigenvalue weighted by molar-refractivity contribution is 7.92. The molecule has 11 nitrogen and oxygen atoms in total. The van der Waals surface area contributed by atoms with E-state index in [0.717, 1.165) is 17.9 Å². The number of nitrogens with zero attached hydrogens (tertiary/aromatic N) is 3. The molecule has 0 bridgehead atoms. The molecule has 0 spiro atoms. The van der Waals surface area contributed by atoms with Crippen molar-refractivity contribution in [3.05, 3.63) is 108 Å². The van der Waals surface area contributed by atoms with E-state index in [4.69, 9.17) is 4.74 Å². The number of urea groups is 1. The quantitative estimate of drug-likeness (QED) is 0.202. The third-order valence-electron chi connectivity index (χ3n) is 7.50. The van der Waals surface area contributed by atoms with Crippen molar-refractivity contribution in [1.29, 1.82) is 0 Å². The molecule has 0 radical (unpaired) electrons. The standard InChI is InChI=1S/C33H34F2N6O5S/c1-36-32(42)29-19-25(9-12-30(29)35)38-33(43)41(27-5-3-4-23(34)18-27)26-14-16-40(17-15-26)21-22-6-13-31(37-20-22)46-28-10-7-24(8-11-28)39-47(2,44)45/h3-13,18-20,26,39H,14-17,21H2,1-2H3,(H,36,42)(H,38,43). The van der Waals surface area contributed by atoms with Crippen LogP contribution in [0, 0.1) is 11.6 Å². The lowest BCUT2D eigenvalue weighted by molar-refractivity contribution is 0.0959. The number of amides is 3. The summed E-state index contributed by atoms with van der Waals surface area (Å²) in [5.74, 6) is -0.935. The fourth-order valence-corrected chi connectivity index (χ4v) is 5.86. The summed E-state index contributed by atoms with van der Waals surface area (Å²) in [4.78, 5) is 33.8. The lowest BCUT2D eigenvalue weighted by atomic mass is 10.0. The van der Waals surface area contributed by atoms with E-state index < -0.39 is 33.6 Å². The van der Waals surface area contributed by atoms with Crippen molar-refractivity contribution in [3.8, 4) is 11.6 Å². The first-order chi connectivity index (χ1) is 22.5. The van der Waals surface area contributed by atoms with Gasteiger partial charge in [0, 0.05) is 62.0 Å². The Hall–Kier alpha value is -5.08. The lowest BCUT2D eigenvalue weighted by Crippen LogP contribution is -2.49. The number of aromatic nitrogens is 1. The van der Waals surface area contributed by atoms with Gasteiger partial charge >= 0.3 is 6.03 Å². The minimum atomic E-state index is -3.37. The summed E-state index contributed by atoms with van der Waals surface area (Å²) in [7, 11) is -1.99. The van der Waals surface area contributed by atoms with E-state index in [0.29, 0.717) is 55.5 Å². The van der Waals surface area contributed by atoms with Gasteiger partial charge in [0.15, 0.2) is 0 Å². The Morgan fingerprint density at radius 1 is 0.979 bits per heavy atom. The minimum Gasteiger partial charge on any atom is -0.439 e. The number of likely N-dealkylation sites (tertiary alicyclic amines) is 1. The monoisotopic (exact) mass is 664 g/mol. The molecule has 246 valence electrons. The molecule has 3 amide bonds. The number of hydrogen-bond acceptors (Lipinski definition) is 7. The number of rotatable bonds is 10. The normalized spacial score (nSPS) is 13.9. The molecule has 47 heavy (non-hydrogen) atoms. The Labute approximate surface area is 271 Å². The average molecular weight is 665 g/mol. The molecule has 5 rings (SSSR count). The lowest BCUT2D eigenvalue weighted by Gasteiger charge is -2.38. The topological polar surface area (TPSA) is 133 Å². The van der Waals surface area contributed by atoms with E-state index >= 15 is 0 Å². The Morgan fingerprint density at radius 3 is 2.34 bits per heavy atom. The number of anilines is 3. The molecule has 0 unspecified atom stereocenters. The molecule has 3 N–H and O–H groups in total. The molecule has 0 saturated carbocycles. The van der Waals surface area contributed by atoms with Gasteiger partial charge in [-0.2, -0.15) is 0 Å². The van der Waals surface area contributed by atoms with E-state index in [-0.39, 0.29) is 17.3 Å². The van der Waals surface area contributed by atoms with E-state index in [1.807, 2.05) is 6.07 Å². The van der Waals surface area contributed by atoms with Crippen LogP contribution >= 0.6 is 0 Å². The maximum atomic E-state index is 14.2. The van der Waals surface area contributed by atoms with Gasteiger partial charge in [-0.1, -0.05) is 12.1 Å². The average Bonchev–Trinajstić information content (AvgIpc) is 3.04. The summed E-state index contributed by atoms with van der Waals surface area (Å²) >= 11 is 0. The summed E-state index contributed by atoms with van der Waals surface area (Å²) in [6.07, 6.45) is 4.02. The van der Waals surface area contributed by atoms with Gasteiger partial charge in [0.2, 0.25) is 15.9 Å². The number of hydrogen-bond donors (Lipinski definition) is 3. The Kier molecular flexibility index (Phi) is 10.3. The van der Waals surface area contributed by atoms with E-state index in [1.165, 1.54) is 42.3 Å². The Morgan fingerprint density at radius 2 is 1.70 bits per heavy atom. The molecule has 1 aromatic heterocycles. The fraction of sp³-hybridized carbons (Fsp3) is 0.242. The van der Waals surface area contributed by atoms with Crippen molar-refractivity contribution < 1.29 is 31.5 Å². The summed E-state index contributed by atoms with van der Waals surface area (Å²) in [6.45, 7) is 1.94. The number of sulfonamides is 1. The van der Waals surface area contributed by atoms with Crippen LogP contribution in [0.5, 0.6) is 11.6 Å². The van der Waals surface area contributed by atoms with Crippen LogP contribution in [0.15, 0.2) is 85.1 Å². The molecule has 14 heteroatoms. The molecule has 0 aliphatic carbocycles. The van der Waals surface area contributed by atoms with E-state index in [9.17, 15) is 26.8 Å². The number of pyridine rings is 1. The number of ether oxygens (including phenoxy) is 1. The van der Waals surface area contributed by atoms with Crippen molar-refractivity contribution >= 4 is 39.0 Å². The van der Waals surface area contributed by atoms with Gasteiger partial charge in [-0.3, -0.25) is 19.3 Å². The molecule has 0 atom stereocenters. The summed E-state index contributed by atoms with van der Waals surface area (Å²) < 4.78 is 59.4. The van der Waals surface area contributed by atoms with Gasteiger partial charge in [-0.05, 0) is 79.1 Å². The zero-order valence-electron chi connectivity index (χ0n) is 25.7. The second kappa shape index (κ2) is 14.6. The molecule has 1 saturated heterocycles. The van der Waals surface area contributed by atoms with Crippen LogP contribution < -0.4 is 25.0 Å². The van der Waals surface area contributed by atoms with Crippen LogP contribution in [-0.2, 0) is 16.6 Å². The predicted molar refractivity (Wildman–Crippen MR) is 175 cm³/mol. The maximum absolute atomic E-state index is 14.2. The second-order valence-corrected chi connectivity index (χ2v) is 12.8. The highest BCUT2D eigenvalue weighted by Crippen LogP contribution is 2.28. The number of piperidine rings is 1. The third kappa shape index (κ3) is 9.01. The number of halogens is 2. The smallest absolute Gasteiger partial charge is 0.326 e. The van der Waals surface area contributed by atoms with Crippen LogP contribution in [0.3, 0.4) is 0 Å². The van der Waals surface area contributed by atoms with E-state index in [1.54, 1.807) is 42.6 Å². The Balaban J connectivity index is 1.20. The maximum Gasteiger partial charge on any atom is 0.326 e. The highest BCUT2D eigenvalue weighted by atomic mass is 32.2. The molecular formula is C33H34F2N6O5S. The molecular weight excluding hydrogens is 630 g/mol. The van der Waals surface area contributed by atoms with Crippen LogP contribution in [0.25, 0.3) is 0 Å². The minimum absolute atomic E-state index is 0.205. The predicted octanol–water partition coefficient (Wildman–Crippen LogP) is 5.59. The van der Waals surface area contributed by atoms with Crippen molar-refractivity contribution in [2.45, 2.75) is 25.4 Å². The first-order valence-corrected chi connectivity index (χ1v) is 16.7. The van der Waals surface area contributed by atoms with Crippen molar-refractivity contribution in [2.24, 2.45) is 0 Å². The molecule has 1 aliphatic heterocycles. The van der Waals surface area contributed by atoms with Crippen LogP contribution in [0.2, 0.25) is 0 Å². The highest BCUT2D eigenvalue weighted by Gasteiger charge is 2.30. The number of carbonyl (C=O) groups excluding carboxylic acids is 2. The Bertz CT molecular complexity index is 1830. The van der Waals surface area contributed by atoms with Gasteiger partial charge in [-0.15, -0.1) is 0 Å². The van der Waals surface area contributed by atoms with Crippen molar-refractivity contribution in [2.75, 3.05) is 41.3 Å². The zero-order valence-corrected chi connectivity index (χ0v) is 26.6. The summed E-state index contributed by atoms with van der Waals surface area (Å²) in [5, 5.41) is 5.12. The molecule has 2 heterocycles. The SMILES string of the molecule is CNC(=O)c1cc(NC(=O)N(c2cccc(F)c2)C2CCN(Cc3ccc(Oc4ccc(NS(C)(=O)=O)cc4)nc3)CC2)ccc1F. The van der Waals surface area contributed by atoms with Gasteiger partial charge in [0.05, 0.1) is 11.8 Å². The third-order valence-corrected chi connectivity index (χ3v) is 8.11. The van der Waals surface area contributed by atoms with Gasteiger partial charge in [0.1, 0.15) is 17.4 Å². The van der Waals surface area contributed by atoms with Crippen molar-refractivity contribution in [3.63, 3.8) is 0 Å². The number of benzene rings is 3. The number of carbonyl (C=O) groups is 2. The molecule has 4 aromatic rings. The molecule has 1 aliphatic rings.